The van der Waals surface area contributed by atoms with Gasteiger partial charge in [-0.25, -0.2) is 9.59 Å². The highest BCUT2D eigenvalue weighted by molar-refractivity contribution is 5.91. The van der Waals surface area contributed by atoms with Gasteiger partial charge >= 0.3 is 11.9 Å². The van der Waals surface area contributed by atoms with Crippen LogP contribution in [0.2, 0.25) is 0 Å². The molecule has 0 aromatic heterocycles. The Morgan fingerprint density at radius 1 is 0.744 bits per heavy atom. The van der Waals surface area contributed by atoms with Gasteiger partial charge in [0.25, 0.3) is 0 Å². The molecule has 7 nitrogen and oxygen atoms in total. The predicted molar refractivity (Wildman–Crippen MR) is 145 cm³/mol. The molecule has 4 aromatic carbocycles. The molecular formula is C32H25NO6. The van der Waals surface area contributed by atoms with Gasteiger partial charge < -0.3 is 14.2 Å². The molecule has 0 saturated heterocycles. The number of benzene rings is 4. The number of carbonyl (C=O) groups is 3. The van der Waals surface area contributed by atoms with Crippen LogP contribution in [0.15, 0.2) is 97.1 Å². The fraction of sp³-hybridized carbons (Fsp3) is 0.125. The minimum atomic E-state index is -0.492. The Bertz CT molecular complexity index is 1470. The van der Waals surface area contributed by atoms with Gasteiger partial charge in [0.1, 0.15) is 17.8 Å². The fourth-order valence-electron chi connectivity index (χ4n) is 3.59. The van der Waals surface area contributed by atoms with E-state index in [9.17, 15) is 14.4 Å². The van der Waals surface area contributed by atoms with Crippen LogP contribution in [0.4, 0.5) is 0 Å². The maximum absolute atomic E-state index is 12.6. The van der Waals surface area contributed by atoms with Crippen molar-refractivity contribution in [3.63, 3.8) is 0 Å². The molecule has 0 N–H and O–H groups in total. The van der Waals surface area contributed by atoms with Crippen LogP contribution in [-0.2, 0) is 4.74 Å². The smallest absolute Gasteiger partial charge is 0.343 e. The van der Waals surface area contributed by atoms with Crippen molar-refractivity contribution in [1.82, 2.24) is 0 Å². The van der Waals surface area contributed by atoms with Gasteiger partial charge in [0.05, 0.1) is 36.0 Å². The highest BCUT2D eigenvalue weighted by Gasteiger charge is 2.12. The fourth-order valence-corrected chi connectivity index (χ4v) is 3.59. The zero-order chi connectivity index (χ0) is 27.6. The number of ether oxygens (including phenoxy) is 3. The van der Waals surface area contributed by atoms with E-state index in [1.54, 1.807) is 72.8 Å². The third-order valence-corrected chi connectivity index (χ3v) is 5.82. The van der Waals surface area contributed by atoms with E-state index in [-0.39, 0.29) is 12.5 Å². The lowest BCUT2D eigenvalue weighted by Gasteiger charge is -2.14. The van der Waals surface area contributed by atoms with Crippen LogP contribution < -0.4 is 9.47 Å². The summed E-state index contributed by atoms with van der Waals surface area (Å²) in [5, 5.41) is 8.93. The topological polar surface area (TPSA) is 103 Å². The zero-order valence-corrected chi connectivity index (χ0v) is 21.2. The molecule has 0 aliphatic rings. The van der Waals surface area contributed by atoms with Crippen LogP contribution in [0.25, 0.3) is 11.1 Å². The highest BCUT2D eigenvalue weighted by atomic mass is 16.5. The lowest BCUT2D eigenvalue weighted by molar-refractivity contribution is 0.0415. The Hall–Kier alpha value is -5.22. The van der Waals surface area contributed by atoms with Crippen molar-refractivity contribution in [1.29, 1.82) is 5.26 Å². The van der Waals surface area contributed by atoms with E-state index in [0.717, 1.165) is 11.1 Å². The van der Waals surface area contributed by atoms with Crippen LogP contribution in [0.3, 0.4) is 0 Å². The molecule has 0 saturated carbocycles. The highest BCUT2D eigenvalue weighted by Crippen LogP contribution is 2.24. The van der Waals surface area contributed by atoms with E-state index in [1.807, 2.05) is 31.2 Å². The monoisotopic (exact) mass is 519 g/mol. The number of aldehydes is 1. The summed E-state index contributed by atoms with van der Waals surface area (Å²) < 4.78 is 16.6. The van der Waals surface area contributed by atoms with Gasteiger partial charge in [0.2, 0.25) is 0 Å². The minimum absolute atomic E-state index is 0.0694. The van der Waals surface area contributed by atoms with E-state index in [1.165, 1.54) is 0 Å². The van der Waals surface area contributed by atoms with Crippen LogP contribution in [0.5, 0.6) is 11.5 Å². The number of nitriles is 1. The van der Waals surface area contributed by atoms with Gasteiger partial charge in [0, 0.05) is 11.5 Å². The summed E-state index contributed by atoms with van der Waals surface area (Å²) in [6, 6.07) is 29.3. The second-order valence-corrected chi connectivity index (χ2v) is 8.88. The van der Waals surface area contributed by atoms with Gasteiger partial charge in [-0.3, -0.25) is 4.79 Å². The average Bonchev–Trinajstić information content (AvgIpc) is 2.99. The summed E-state index contributed by atoms with van der Waals surface area (Å²) in [6.45, 7) is 2.37. The Kier molecular flexibility index (Phi) is 8.83. The van der Waals surface area contributed by atoms with Crippen molar-refractivity contribution in [2.24, 2.45) is 5.92 Å². The predicted octanol–water partition coefficient (Wildman–Crippen LogP) is 6.13. The Morgan fingerprint density at radius 3 is 1.87 bits per heavy atom. The van der Waals surface area contributed by atoms with Crippen molar-refractivity contribution in [2.45, 2.75) is 6.92 Å². The maximum atomic E-state index is 12.6. The number of nitrogens with zero attached hydrogens (tertiary/aromatic N) is 1. The molecule has 0 bridgehead atoms. The van der Waals surface area contributed by atoms with Crippen LogP contribution in [-0.4, -0.2) is 31.4 Å². The first-order valence-corrected chi connectivity index (χ1v) is 12.2. The second-order valence-electron chi connectivity index (χ2n) is 8.88. The van der Waals surface area contributed by atoms with Crippen LogP contribution in [0.1, 0.15) is 43.6 Å². The normalized spacial score (nSPS) is 11.1. The Balaban J connectivity index is 1.23. The molecule has 1 unspecified atom stereocenters. The van der Waals surface area contributed by atoms with Crippen molar-refractivity contribution in [3.05, 3.63) is 119 Å². The molecule has 0 amide bonds. The summed E-state index contributed by atoms with van der Waals surface area (Å²) in [4.78, 5) is 35.4. The summed E-state index contributed by atoms with van der Waals surface area (Å²) >= 11 is 0. The number of hydrogen-bond acceptors (Lipinski definition) is 7. The molecular weight excluding hydrogens is 494 g/mol. The van der Waals surface area contributed by atoms with E-state index in [4.69, 9.17) is 19.5 Å². The molecule has 0 aliphatic carbocycles. The average molecular weight is 520 g/mol. The number of rotatable bonds is 10. The molecule has 4 aromatic rings. The Labute approximate surface area is 226 Å². The summed E-state index contributed by atoms with van der Waals surface area (Å²) in [6.07, 6.45) is 0.711. The largest absolute Gasteiger partial charge is 0.493 e. The van der Waals surface area contributed by atoms with E-state index >= 15 is 0 Å². The van der Waals surface area contributed by atoms with Crippen molar-refractivity contribution >= 4 is 18.2 Å². The van der Waals surface area contributed by atoms with Crippen molar-refractivity contribution in [3.8, 4) is 28.7 Å². The lowest BCUT2D eigenvalue weighted by atomic mass is 10.0. The van der Waals surface area contributed by atoms with E-state index in [2.05, 4.69) is 6.07 Å². The first-order valence-electron chi connectivity index (χ1n) is 12.2. The van der Waals surface area contributed by atoms with E-state index in [0.29, 0.717) is 46.6 Å². The number of hydrogen-bond donors (Lipinski definition) is 0. The SMILES string of the molecule is CC(COC(=O)c1ccc(C=O)cc1)COc1ccc(C(=O)Oc2ccc(-c3ccc(C#N)cc3)cc2)cc1. The van der Waals surface area contributed by atoms with Crippen molar-refractivity contribution in [2.75, 3.05) is 13.2 Å². The minimum Gasteiger partial charge on any atom is -0.493 e. The van der Waals surface area contributed by atoms with Gasteiger partial charge in [-0.2, -0.15) is 5.26 Å². The van der Waals surface area contributed by atoms with Gasteiger partial charge in [-0.1, -0.05) is 43.3 Å². The molecule has 4 rings (SSSR count). The van der Waals surface area contributed by atoms with Crippen LogP contribution in [0, 0.1) is 17.2 Å². The third-order valence-electron chi connectivity index (χ3n) is 5.82. The maximum Gasteiger partial charge on any atom is 0.343 e. The molecule has 0 aliphatic heterocycles. The second kappa shape index (κ2) is 12.8. The molecule has 0 heterocycles. The molecule has 7 heteroatoms. The molecule has 0 radical (unpaired) electrons. The van der Waals surface area contributed by atoms with E-state index < -0.39 is 11.9 Å². The zero-order valence-electron chi connectivity index (χ0n) is 21.2. The number of esters is 2. The summed E-state index contributed by atoms with van der Waals surface area (Å²) in [7, 11) is 0. The van der Waals surface area contributed by atoms with Crippen LogP contribution >= 0.6 is 0 Å². The van der Waals surface area contributed by atoms with Gasteiger partial charge in [0.15, 0.2) is 0 Å². The summed E-state index contributed by atoms with van der Waals surface area (Å²) in [5.74, 6) is -0.0398. The van der Waals surface area contributed by atoms with Gasteiger partial charge in [-0.15, -0.1) is 0 Å². The molecule has 194 valence electrons. The standard InChI is InChI=1S/C32H25NO6/c1-22(21-38-31(35)27-8-4-24(19-34)5-9-27)20-37-29-14-12-28(13-15-29)32(36)39-30-16-10-26(11-17-30)25-6-2-23(18-33)3-7-25/h2-17,19,22H,20-21H2,1H3. The quantitative estimate of drug-likeness (QED) is 0.141. The molecule has 0 spiro atoms. The molecule has 1 atom stereocenters. The Morgan fingerprint density at radius 2 is 1.28 bits per heavy atom. The lowest BCUT2D eigenvalue weighted by Crippen LogP contribution is -2.18. The third kappa shape index (κ3) is 7.40. The first kappa shape index (κ1) is 26.8. The molecule has 0 fully saturated rings. The summed E-state index contributed by atoms with van der Waals surface area (Å²) in [5.41, 5.74) is 3.73. The van der Waals surface area contributed by atoms with Gasteiger partial charge in [-0.05, 0) is 71.8 Å². The van der Waals surface area contributed by atoms with Crippen molar-refractivity contribution < 1.29 is 28.6 Å². The molecule has 39 heavy (non-hydrogen) atoms. The first-order chi connectivity index (χ1) is 18.9. The number of carbonyl (C=O) groups excluding carboxylic acids is 3.